The number of carbonyl (C=O) groups is 1. The lowest BCUT2D eigenvalue weighted by molar-refractivity contribution is -0.143. The van der Waals surface area contributed by atoms with Gasteiger partial charge < -0.3 is 9.47 Å². The van der Waals surface area contributed by atoms with Crippen LogP contribution in [0.1, 0.15) is 34.1 Å². The number of nitrogens with one attached hydrogen (secondary N) is 1. The van der Waals surface area contributed by atoms with Crippen molar-refractivity contribution in [3.63, 3.8) is 0 Å². The molecule has 0 spiro atoms. The van der Waals surface area contributed by atoms with E-state index in [2.05, 4.69) is 19.2 Å². The highest BCUT2D eigenvalue weighted by atomic mass is 16.5. The van der Waals surface area contributed by atoms with Crippen molar-refractivity contribution < 1.29 is 14.3 Å². The van der Waals surface area contributed by atoms with Crippen LogP contribution < -0.4 is 5.32 Å². The zero-order chi connectivity index (χ0) is 12.6. The standard InChI is InChI=1S/C12H25NO3/c1-6-10(12(14)15-5)13-11(9(3)4)8-16-7-2/h9-11,13H,6-8H2,1-5H3. The van der Waals surface area contributed by atoms with Crippen molar-refractivity contribution in [3.8, 4) is 0 Å². The fourth-order valence-corrected chi connectivity index (χ4v) is 1.43. The molecule has 0 aliphatic carbocycles. The minimum atomic E-state index is -0.238. The summed E-state index contributed by atoms with van der Waals surface area (Å²) in [5.74, 6) is 0.218. The van der Waals surface area contributed by atoms with Crippen LogP contribution in [0.2, 0.25) is 0 Å². The van der Waals surface area contributed by atoms with Crippen LogP contribution in [0.5, 0.6) is 0 Å². The van der Waals surface area contributed by atoms with Gasteiger partial charge in [-0.15, -0.1) is 0 Å². The van der Waals surface area contributed by atoms with E-state index in [1.807, 2.05) is 13.8 Å². The SMILES string of the molecule is CCOCC(NC(CC)C(=O)OC)C(C)C. The van der Waals surface area contributed by atoms with Crippen molar-refractivity contribution in [2.45, 2.75) is 46.2 Å². The molecule has 0 fully saturated rings. The summed E-state index contributed by atoms with van der Waals surface area (Å²) >= 11 is 0. The Hall–Kier alpha value is -0.610. The molecule has 0 saturated heterocycles. The molecule has 0 aliphatic rings. The maximum absolute atomic E-state index is 11.4. The smallest absolute Gasteiger partial charge is 0.322 e. The first-order chi connectivity index (χ1) is 7.56. The average Bonchev–Trinajstić information content (AvgIpc) is 2.28. The Labute approximate surface area is 98.7 Å². The normalized spacial score (nSPS) is 14.9. The predicted octanol–water partition coefficient (Wildman–Crippen LogP) is 1.59. The minimum absolute atomic E-state index is 0.184. The highest BCUT2D eigenvalue weighted by Crippen LogP contribution is 2.06. The van der Waals surface area contributed by atoms with Crippen LogP contribution in [0.3, 0.4) is 0 Å². The Balaban J connectivity index is 4.28. The van der Waals surface area contributed by atoms with Crippen molar-refractivity contribution in [2.24, 2.45) is 5.92 Å². The van der Waals surface area contributed by atoms with Gasteiger partial charge >= 0.3 is 5.97 Å². The largest absolute Gasteiger partial charge is 0.468 e. The van der Waals surface area contributed by atoms with E-state index in [0.29, 0.717) is 19.1 Å². The van der Waals surface area contributed by atoms with Gasteiger partial charge in [-0.1, -0.05) is 20.8 Å². The maximum Gasteiger partial charge on any atom is 0.322 e. The van der Waals surface area contributed by atoms with Gasteiger partial charge in [-0.05, 0) is 19.3 Å². The van der Waals surface area contributed by atoms with E-state index in [9.17, 15) is 4.79 Å². The second kappa shape index (κ2) is 8.53. The van der Waals surface area contributed by atoms with Gasteiger partial charge in [0.1, 0.15) is 6.04 Å². The van der Waals surface area contributed by atoms with E-state index in [4.69, 9.17) is 9.47 Å². The molecular weight excluding hydrogens is 206 g/mol. The fraction of sp³-hybridized carbons (Fsp3) is 0.917. The molecule has 0 bridgehead atoms. The summed E-state index contributed by atoms with van der Waals surface area (Å²) in [5, 5.41) is 3.29. The van der Waals surface area contributed by atoms with Gasteiger partial charge in [0, 0.05) is 12.6 Å². The molecular formula is C12H25NO3. The minimum Gasteiger partial charge on any atom is -0.468 e. The first-order valence-corrected chi connectivity index (χ1v) is 5.98. The summed E-state index contributed by atoms with van der Waals surface area (Å²) in [6, 6.07) is -0.0538. The number of esters is 1. The summed E-state index contributed by atoms with van der Waals surface area (Å²) in [4.78, 5) is 11.4. The molecule has 0 aromatic rings. The van der Waals surface area contributed by atoms with Crippen LogP contribution in [-0.4, -0.2) is 38.4 Å². The molecule has 0 aromatic heterocycles. The van der Waals surface area contributed by atoms with Gasteiger partial charge in [-0.3, -0.25) is 10.1 Å². The molecule has 0 amide bonds. The molecule has 1 N–H and O–H groups in total. The molecule has 2 unspecified atom stereocenters. The van der Waals surface area contributed by atoms with E-state index >= 15 is 0 Å². The molecule has 0 saturated carbocycles. The van der Waals surface area contributed by atoms with Crippen LogP contribution in [0, 0.1) is 5.92 Å². The molecule has 96 valence electrons. The summed E-state index contributed by atoms with van der Waals surface area (Å²) in [5.41, 5.74) is 0. The van der Waals surface area contributed by atoms with E-state index in [0.717, 1.165) is 6.42 Å². The highest BCUT2D eigenvalue weighted by Gasteiger charge is 2.22. The molecule has 0 heterocycles. The lowest BCUT2D eigenvalue weighted by atomic mass is 10.0. The van der Waals surface area contributed by atoms with E-state index in [1.165, 1.54) is 7.11 Å². The molecule has 16 heavy (non-hydrogen) atoms. The van der Waals surface area contributed by atoms with Crippen molar-refractivity contribution in [3.05, 3.63) is 0 Å². The zero-order valence-electron chi connectivity index (χ0n) is 11.1. The summed E-state index contributed by atoms with van der Waals surface area (Å²) in [6.45, 7) is 9.48. The van der Waals surface area contributed by atoms with Crippen LogP contribution in [0.25, 0.3) is 0 Å². The van der Waals surface area contributed by atoms with Crippen molar-refractivity contribution in [1.82, 2.24) is 5.32 Å². The third kappa shape index (κ3) is 5.47. The molecule has 0 aromatic carbocycles. The Morgan fingerprint density at radius 2 is 1.94 bits per heavy atom. The van der Waals surface area contributed by atoms with Crippen molar-refractivity contribution in [1.29, 1.82) is 0 Å². The van der Waals surface area contributed by atoms with Crippen LogP contribution in [0.4, 0.5) is 0 Å². The lowest BCUT2D eigenvalue weighted by Crippen LogP contribution is -2.48. The van der Waals surface area contributed by atoms with Crippen LogP contribution in [-0.2, 0) is 14.3 Å². The van der Waals surface area contributed by atoms with Gasteiger partial charge in [0.25, 0.3) is 0 Å². The Bertz CT molecular complexity index is 195. The monoisotopic (exact) mass is 231 g/mol. The van der Waals surface area contributed by atoms with E-state index in [1.54, 1.807) is 0 Å². The van der Waals surface area contributed by atoms with E-state index < -0.39 is 0 Å². The predicted molar refractivity (Wildman–Crippen MR) is 64.3 cm³/mol. The van der Waals surface area contributed by atoms with Gasteiger partial charge in [0.15, 0.2) is 0 Å². The first-order valence-electron chi connectivity index (χ1n) is 5.98. The average molecular weight is 231 g/mol. The first kappa shape index (κ1) is 15.4. The van der Waals surface area contributed by atoms with Gasteiger partial charge in [0.05, 0.1) is 13.7 Å². The van der Waals surface area contributed by atoms with E-state index in [-0.39, 0.29) is 18.1 Å². The van der Waals surface area contributed by atoms with Crippen molar-refractivity contribution >= 4 is 5.97 Å². The van der Waals surface area contributed by atoms with Crippen molar-refractivity contribution in [2.75, 3.05) is 20.3 Å². The number of hydrogen-bond donors (Lipinski definition) is 1. The highest BCUT2D eigenvalue weighted by molar-refractivity contribution is 5.75. The Morgan fingerprint density at radius 3 is 2.31 bits per heavy atom. The number of ether oxygens (including phenoxy) is 2. The topological polar surface area (TPSA) is 47.6 Å². The summed E-state index contributed by atoms with van der Waals surface area (Å²) in [6.07, 6.45) is 0.724. The molecule has 4 nitrogen and oxygen atoms in total. The second-order valence-corrected chi connectivity index (χ2v) is 4.16. The number of rotatable bonds is 8. The third-order valence-corrected chi connectivity index (χ3v) is 2.62. The molecule has 2 atom stereocenters. The molecule has 0 aliphatic heterocycles. The van der Waals surface area contributed by atoms with Crippen LogP contribution in [0.15, 0.2) is 0 Å². The van der Waals surface area contributed by atoms with Gasteiger partial charge in [-0.2, -0.15) is 0 Å². The molecule has 0 rings (SSSR count). The molecule has 0 radical (unpaired) electrons. The quantitative estimate of drug-likeness (QED) is 0.644. The number of carbonyl (C=O) groups excluding carboxylic acids is 1. The van der Waals surface area contributed by atoms with Gasteiger partial charge in [0.2, 0.25) is 0 Å². The van der Waals surface area contributed by atoms with Gasteiger partial charge in [-0.25, -0.2) is 0 Å². The van der Waals surface area contributed by atoms with Crippen LogP contribution >= 0.6 is 0 Å². The Kier molecular flexibility index (Phi) is 8.21. The lowest BCUT2D eigenvalue weighted by Gasteiger charge is -2.26. The Morgan fingerprint density at radius 1 is 1.31 bits per heavy atom. The maximum atomic E-state index is 11.4. The third-order valence-electron chi connectivity index (χ3n) is 2.62. The summed E-state index contributed by atoms with van der Waals surface area (Å²) in [7, 11) is 1.42. The molecule has 4 heteroatoms. The fourth-order valence-electron chi connectivity index (χ4n) is 1.43. The second-order valence-electron chi connectivity index (χ2n) is 4.16. The zero-order valence-corrected chi connectivity index (χ0v) is 11.1. The number of hydrogen-bond acceptors (Lipinski definition) is 4. The number of methoxy groups -OCH3 is 1. The summed E-state index contributed by atoms with van der Waals surface area (Å²) < 4.78 is 10.1.